The van der Waals surface area contributed by atoms with Crippen molar-refractivity contribution in [3.63, 3.8) is 0 Å². The average Bonchev–Trinajstić information content (AvgIpc) is 2.73. The van der Waals surface area contributed by atoms with Crippen LogP contribution in [0.15, 0.2) is 12.4 Å². The summed E-state index contributed by atoms with van der Waals surface area (Å²) in [7, 11) is 0. The van der Waals surface area contributed by atoms with Crippen LogP contribution in [0.2, 0.25) is 4.34 Å². The van der Waals surface area contributed by atoms with E-state index >= 15 is 0 Å². The Morgan fingerprint density at radius 3 is 2.84 bits per heavy atom. The highest BCUT2D eigenvalue weighted by Gasteiger charge is 2.31. The van der Waals surface area contributed by atoms with Gasteiger partial charge in [-0.2, -0.15) is 0 Å². The fourth-order valence-corrected chi connectivity index (χ4v) is 3.42. The molecule has 4 nitrogen and oxygen atoms in total. The number of nitrogens with zero attached hydrogens (tertiary/aromatic N) is 3. The fraction of sp³-hybridized carbons (Fsp3) is 0.462. The van der Waals surface area contributed by atoms with Crippen molar-refractivity contribution < 1.29 is 0 Å². The van der Waals surface area contributed by atoms with Crippen LogP contribution in [0.5, 0.6) is 0 Å². The lowest BCUT2D eigenvalue weighted by Gasteiger charge is -2.34. The van der Waals surface area contributed by atoms with Crippen molar-refractivity contribution in [3.05, 3.63) is 28.0 Å². The Morgan fingerprint density at radius 2 is 2.16 bits per heavy atom. The zero-order valence-electron chi connectivity index (χ0n) is 10.9. The molecule has 1 aliphatic carbocycles. The summed E-state index contributed by atoms with van der Waals surface area (Å²) in [5.74, 6) is 0.639. The molecule has 2 aromatic heterocycles. The highest BCUT2D eigenvalue weighted by Crippen LogP contribution is 2.39. The number of hydrogen-bond acceptors (Lipinski definition) is 5. The lowest BCUT2D eigenvalue weighted by atomic mass is 9.74. The summed E-state index contributed by atoms with van der Waals surface area (Å²) in [6, 6.07) is 0.0210. The van der Waals surface area contributed by atoms with Gasteiger partial charge in [0.15, 0.2) is 10.8 Å². The van der Waals surface area contributed by atoms with Gasteiger partial charge in [-0.05, 0) is 18.3 Å². The second kappa shape index (κ2) is 4.51. The Hall–Kier alpha value is -1.04. The standard InChI is InChI=1S/C13H15ClN4S/c1-13(2)3-8(15)7-5-16-11(18-9(7)4-13)12-17-6-10(14)19-12/h5-6,8H,3-4,15H2,1-2H3. The first-order chi connectivity index (χ1) is 8.94. The number of fused-ring (bicyclic) bond motifs is 1. The molecule has 1 atom stereocenters. The van der Waals surface area contributed by atoms with Gasteiger partial charge in [-0.15, -0.1) is 0 Å². The molecule has 100 valence electrons. The number of thiazole rings is 1. The van der Waals surface area contributed by atoms with Crippen LogP contribution in [-0.4, -0.2) is 15.0 Å². The number of halogens is 1. The lowest BCUT2D eigenvalue weighted by Crippen LogP contribution is -2.30. The van der Waals surface area contributed by atoms with Crippen LogP contribution in [0.4, 0.5) is 0 Å². The Bertz CT molecular complexity index is 623. The Morgan fingerprint density at radius 1 is 1.37 bits per heavy atom. The SMILES string of the molecule is CC1(C)Cc2nc(-c3ncc(Cl)s3)ncc2C(N)C1. The van der Waals surface area contributed by atoms with Crippen LogP contribution in [0.3, 0.4) is 0 Å². The predicted molar refractivity (Wildman–Crippen MR) is 77.2 cm³/mol. The summed E-state index contributed by atoms with van der Waals surface area (Å²) in [4.78, 5) is 13.2. The third-order valence-electron chi connectivity index (χ3n) is 3.39. The molecule has 19 heavy (non-hydrogen) atoms. The normalized spacial score (nSPS) is 21.2. The quantitative estimate of drug-likeness (QED) is 0.877. The number of aromatic nitrogens is 3. The summed E-state index contributed by atoms with van der Waals surface area (Å²) in [5.41, 5.74) is 8.48. The predicted octanol–water partition coefficient (Wildman–Crippen LogP) is 3.23. The van der Waals surface area contributed by atoms with Crippen LogP contribution in [0.1, 0.15) is 37.6 Å². The number of rotatable bonds is 1. The molecule has 0 saturated heterocycles. The maximum Gasteiger partial charge on any atom is 0.188 e. The van der Waals surface area contributed by atoms with Crippen molar-refractivity contribution in [2.24, 2.45) is 11.1 Å². The maximum atomic E-state index is 6.20. The molecule has 1 unspecified atom stereocenters. The smallest absolute Gasteiger partial charge is 0.188 e. The molecule has 0 amide bonds. The highest BCUT2D eigenvalue weighted by atomic mass is 35.5. The van der Waals surface area contributed by atoms with Crippen LogP contribution in [-0.2, 0) is 6.42 Å². The fourth-order valence-electron chi connectivity index (χ4n) is 2.57. The number of nitrogens with two attached hydrogens (primary N) is 1. The van der Waals surface area contributed by atoms with Gasteiger partial charge in [0.25, 0.3) is 0 Å². The second-order valence-corrected chi connectivity index (χ2v) is 7.38. The van der Waals surface area contributed by atoms with E-state index in [0.717, 1.165) is 29.1 Å². The van der Waals surface area contributed by atoms with Crippen LogP contribution in [0.25, 0.3) is 10.8 Å². The summed E-state index contributed by atoms with van der Waals surface area (Å²) < 4.78 is 0.647. The van der Waals surface area contributed by atoms with Crippen molar-refractivity contribution in [2.45, 2.75) is 32.7 Å². The van der Waals surface area contributed by atoms with Crippen molar-refractivity contribution in [2.75, 3.05) is 0 Å². The van der Waals surface area contributed by atoms with E-state index in [2.05, 4.69) is 28.8 Å². The van der Waals surface area contributed by atoms with Crippen molar-refractivity contribution in [1.29, 1.82) is 0 Å². The molecule has 0 aliphatic heterocycles. The molecule has 2 heterocycles. The van der Waals surface area contributed by atoms with Gasteiger partial charge in [-0.25, -0.2) is 15.0 Å². The third kappa shape index (κ3) is 2.50. The first-order valence-corrected chi connectivity index (χ1v) is 7.37. The molecule has 2 N–H and O–H groups in total. The van der Waals surface area contributed by atoms with Gasteiger partial charge in [0.05, 0.1) is 6.20 Å². The molecular formula is C13H15ClN4S. The van der Waals surface area contributed by atoms with E-state index in [1.807, 2.05) is 6.20 Å². The minimum Gasteiger partial charge on any atom is -0.324 e. The lowest BCUT2D eigenvalue weighted by molar-refractivity contribution is 0.278. The zero-order valence-corrected chi connectivity index (χ0v) is 12.4. The monoisotopic (exact) mass is 294 g/mol. The number of hydrogen-bond donors (Lipinski definition) is 1. The molecule has 0 spiro atoms. The van der Waals surface area contributed by atoms with Gasteiger partial charge >= 0.3 is 0 Å². The van der Waals surface area contributed by atoms with Gasteiger partial charge in [-0.3, -0.25) is 0 Å². The Kier molecular flexibility index (Phi) is 3.08. The van der Waals surface area contributed by atoms with Crippen molar-refractivity contribution >= 4 is 22.9 Å². The molecule has 0 aromatic carbocycles. The summed E-state index contributed by atoms with van der Waals surface area (Å²) >= 11 is 7.29. The van der Waals surface area contributed by atoms with E-state index in [4.69, 9.17) is 17.3 Å². The van der Waals surface area contributed by atoms with Gasteiger partial charge in [0.1, 0.15) is 4.34 Å². The first kappa shape index (κ1) is 13.0. The molecule has 0 radical (unpaired) electrons. The second-order valence-electron chi connectivity index (χ2n) is 5.72. The topological polar surface area (TPSA) is 64.7 Å². The van der Waals surface area contributed by atoms with Crippen LogP contribution >= 0.6 is 22.9 Å². The molecule has 1 aliphatic rings. The molecule has 6 heteroatoms. The molecule has 2 aromatic rings. The highest BCUT2D eigenvalue weighted by molar-refractivity contribution is 7.18. The molecule has 0 saturated carbocycles. The van der Waals surface area contributed by atoms with Crippen molar-refractivity contribution in [3.8, 4) is 10.8 Å². The Labute approximate surface area is 121 Å². The minimum atomic E-state index is 0.0210. The van der Waals surface area contributed by atoms with E-state index in [-0.39, 0.29) is 11.5 Å². The van der Waals surface area contributed by atoms with Gasteiger partial charge in [-0.1, -0.05) is 36.8 Å². The first-order valence-electron chi connectivity index (χ1n) is 6.18. The zero-order chi connectivity index (χ0) is 13.6. The van der Waals surface area contributed by atoms with E-state index < -0.39 is 0 Å². The summed E-state index contributed by atoms with van der Waals surface area (Å²) in [6.07, 6.45) is 5.35. The van der Waals surface area contributed by atoms with Gasteiger partial charge in [0.2, 0.25) is 0 Å². The average molecular weight is 295 g/mol. The maximum absolute atomic E-state index is 6.20. The van der Waals surface area contributed by atoms with E-state index in [1.54, 1.807) is 6.20 Å². The van der Waals surface area contributed by atoms with E-state index in [0.29, 0.717) is 10.2 Å². The third-order valence-corrected chi connectivity index (χ3v) is 4.50. The molecule has 3 rings (SSSR count). The molecular weight excluding hydrogens is 280 g/mol. The van der Waals surface area contributed by atoms with E-state index in [9.17, 15) is 0 Å². The molecule has 0 fully saturated rings. The van der Waals surface area contributed by atoms with Gasteiger partial charge in [0, 0.05) is 23.5 Å². The summed E-state index contributed by atoms with van der Waals surface area (Å²) in [6.45, 7) is 4.44. The van der Waals surface area contributed by atoms with Crippen molar-refractivity contribution in [1.82, 2.24) is 15.0 Å². The minimum absolute atomic E-state index is 0.0210. The van der Waals surface area contributed by atoms with Crippen LogP contribution in [0, 0.1) is 5.41 Å². The largest absolute Gasteiger partial charge is 0.324 e. The Balaban J connectivity index is 2.04. The van der Waals surface area contributed by atoms with Crippen LogP contribution < -0.4 is 5.73 Å². The summed E-state index contributed by atoms with van der Waals surface area (Å²) in [5, 5.41) is 0.754. The molecule has 0 bridgehead atoms. The van der Waals surface area contributed by atoms with Gasteiger partial charge < -0.3 is 5.73 Å². The van der Waals surface area contributed by atoms with E-state index in [1.165, 1.54) is 11.3 Å².